The number of benzene rings is 2. The topological polar surface area (TPSA) is 86.6 Å². The van der Waals surface area contributed by atoms with Gasteiger partial charge in [0, 0.05) is 48.4 Å². The zero-order valence-electron chi connectivity index (χ0n) is 26.1. The fourth-order valence-corrected chi connectivity index (χ4v) is 8.46. The number of fused-ring (bicyclic) bond motifs is 5. The van der Waals surface area contributed by atoms with Gasteiger partial charge in [-0.3, -0.25) is 9.88 Å². The van der Waals surface area contributed by atoms with Crippen molar-refractivity contribution >= 4 is 27.5 Å². The van der Waals surface area contributed by atoms with Gasteiger partial charge in [0.1, 0.15) is 35.2 Å². The van der Waals surface area contributed by atoms with Crippen LogP contribution in [-0.4, -0.2) is 74.9 Å². The maximum atomic E-state index is 16.9. The molecule has 4 fully saturated rings. The molecule has 2 unspecified atom stereocenters. The number of phenols is 1. The van der Waals surface area contributed by atoms with Gasteiger partial charge in [-0.2, -0.15) is 9.97 Å². The molecule has 2 bridgehead atoms. The highest BCUT2D eigenvalue weighted by molar-refractivity contribution is 6.03. The molecule has 0 amide bonds. The summed E-state index contributed by atoms with van der Waals surface area (Å²) in [5.41, 5.74) is 0.259. The van der Waals surface area contributed by atoms with Crippen LogP contribution in [0.15, 0.2) is 42.4 Å². The maximum Gasteiger partial charge on any atom is 0.319 e. The molecule has 0 spiro atoms. The number of hydrogen-bond donors (Lipinski definition) is 2. The number of nitrogens with zero attached hydrogens (tertiary/aromatic N) is 5. The smallest absolute Gasteiger partial charge is 0.319 e. The van der Waals surface area contributed by atoms with E-state index in [1.54, 1.807) is 0 Å². The number of hydrogen-bond acceptors (Lipinski definition) is 8. The van der Waals surface area contributed by atoms with Crippen molar-refractivity contribution in [3.05, 3.63) is 59.6 Å². The number of phenolic OH excluding ortho intramolecular Hbond substituents is 1. The molecule has 3 atom stereocenters. The van der Waals surface area contributed by atoms with Gasteiger partial charge >= 0.3 is 6.01 Å². The Morgan fingerprint density at radius 2 is 2.11 bits per heavy atom. The first-order valence-corrected chi connectivity index (χ1v) is 16.2. The predicted octanol–water partition coefficient (Wildman–Crippen LogP) is 6.00. The summed E-state index contributed by atoms with van der Waals surface area (Å²) in [4.78, 5) is 18.4. The molecule has 8 rings (SSSR count). The lowest BCUT2D eigenvalue weighted by molar-refractivity contribution is 0.108. The van der Waals surface area contributed by atoms with Crippen LogP contribution in [0.2, 0.25) is 0 Å². The first kappa shape index (κ1) is 30.0. The van der Waals surface area contributed by atoms with Crippen LogP contribution in [0.4, 0.5) is 19.0 Å². The Bertz CT molecular complexity index is 2010. The van der Waals surface area contributed by atoms with Crippen molar-refractivity contribution in [1.29, 1.82) is 0 Å². The predicted molar refractivity (Wildman–Crippen MR) is 174 cm³/mol. The molecule has 242 valence electrons. The van der Waals surface area contributed by atoms with Crippen molar-refractivity contribution in [2.24, 2.45) is 0 Å². The third-order valence-electron chi connectivity index (χ3n) is 10.8. The van der Waals surface area contributed by atoms with E-state index in [1.807, 2.05) is 0 Å². The van der Waals surface area contributed by atoms with Gasteiger partial charge in [0.05, 0.1) is 22.8 Å². The fraction of sp³-hybridized carbons (Fsp3) is 0.417. The maximum absolute atomic E-state index is 16.9. The fourth-order valence-electron chi connectivity index (χ4n) is 8.46. The van der Waals surface area contributed by atoms with E-state index in [-0.39, 0.29) is 63.2 Å². The monoisotopic (exact) mass is 640 g/mol. The number of aromatic hydroxyl groups is 1. The minimum Gasteiger partial charge on any atom is -0.508 e. The molecule has 2 aromatic heterocycles. The van der Waals surface area contributed by atoms with E-state index in [0.29, 0.717) is 49.0 Å². The Hall–Kier alpha value is -4.40. The Balaban J connectivity index is 1.28. The van der Waals surface area contributed by atoms with Crippen LogP contribution >= 0.6 is 0 Å². The number of ether oxygens (including phenoxy) is 1. The molecule has 0 saturated carbocycles. The Labute approximate surface area is 270 Å². The lowest BCUT2D eigenvalue weighted by Crippen LogP contribution is -2.59. The number of piperazine rings is 1. The normalized spacial score (nSPS) is 26.4. The highest BCUT2D eigenvalue weighted by Crippen LogP contribution is 2.43. The minimum atomic E-state index is -0.761. The molecule has 8 nitrogen and oxygen atoms in total. The number of aromatic nitrogens is 3. The van der Waals surface area contributed by atoms with Crippen molar-refractivity contribution in [2.75, 3.05) is 37.7 Å². The molecular weight excluding hydrogens is 605 g/mol. The SMILES string of the molecule is C#Cc1c(F)ccc2cc(O)cc(-c3ncc4c(N5CC6CCC(CC)(C5)N6)nc(OC[C@@]56CCCN5C/C(=C/F)C6)nc4c3F)c12. The van der Waals surface area contributed by atoms with E-state index in [1.165, 1.54) is 30.5 Å². The van der Waals surface area contributed by atoms with Gasteiger partial charge in [0.2, 0.25) is 0 Å². The first-order valence-electron chi connectivity index (χ1n) is 16.2. The second-order valence-electron chi connectivity index (χ2n) is 13.5. The molecular formula is C36H35F3N6O2. The van der Waals surface area contributed by atoms with Gasteiger partial charge in [-0.25, -0.2) is 13.2 Å². The molecule has 4 aliphatic rings. The number of rotatable bonds is 6. The molecule has 4 aromatic rings. The second kappa shape index (κ2) is 11.1. The van der Waals surface area contributed by atoms with E-state index < -0.39 is 11.6 Å². The van der Waals surface area contributed by atoms with Crippen LogP contribution in [-0.2, 0) is 0 Å². The molecule has 2 N–H and O–H groups in total. The van der Waals surface area contributed by atoms with Crippen molar-refractivity contribution in [3.63, 3.8) is 0 Å². The zero-order valence-corrected chi connectivity index (χ0v) is 26.1. The van der Waals surface area contributed by atoms with E-state index in [0.717, 1.165) is 44.2 Å². The summed E-state index contributed by atoms with van der Waals surface area (Å²) in [6.45, 7) is 5.18. The zero-order chi connectivity index (χ0) is 32.5. The Morgan fingerprint density at radius 3 is 2.91 bits per heavy atom. The van der Waals surface area contributed by atoms with E-state index in [9.17, 15) is 13.9 Å². The van der Waals surface area contributed by atoms with E-state index >= 15 is 4.39 Å². The summed E-state index contributed by atoms with van der Waals surface area (Å²) < 4.78 is 51.7. The molecule has 0 radical (unpaired) electrons. The summed E-state index contributed by atoms with van der Waals surface area (Å²) in [5.74, 6) is 1.37. The Kier molecular flexibility index (Phi) is 7.08. The van der Waals surface area contributed by atoms with E-state index in [4.69, 9.17) is 16.1 Å². The number of nitrogens with one attached hydrogen (secondary N) is 1. The van der Waals surface area contributed by atoms with Crippen LogP contribution in [0.25, 0.3) is 32.9 Å². The molecule has 4 saturated heterocycles. The number of terminal acetylenes is 1. The first-order chi connectivity index (χ1) is 22.7. The van der Waals surface area contributed by atoms with Gasteiger partial charge in [0.25, 0.3) is 0 Å². The minimum absolute atomic E-state index is 0.00174. The third-order valence-corrected chi connectivity index (χ3v) is 10.8. The van der Waals surface area contributed by atoms with E-state index in [2.05, 4.69) is 37.9 Å². The summed E-state index contributed by atoms with van der Waals surface area (Å²) in [6, 6.07) is 5.78. The molecule has 47 heavy (non-hydrogen) atoms. The number of halogens is 3. The molecule has 0 aliphatic carbocycles. The Morgan fingerprint density at radius 1 is 1.23 bits per heavy atom. The average molecular weight is 641 g/mol. The van der Waals surface area contributed by atoms with Gasteiger partial charge in [-0.1, -0.05) is 18.9 Å². The largest absolute Gasteiger partial charge is 0.508 e. The summed E-state index contributed by atoms with van der Waals surface area (Å²) in [6.07, 6.45) is 13.3. The van der Waals surface area contributed by atoms with Crippen molar-refractivity contribution in [1.82, 2.24) is 25.2 Å². The van der Waals surface area contributed by atoms with Gasteiger partial charge in [-0.15, -0.1) is 6.42 Å². The van der Waals surface area contributed by atoms with Crippen LogP contribution in [0, 0.1) is 24.0 Å². The molecule has 4 aliphatic heterocycles. The highest BCUT2D eigenvalue weighted by Gasteiger charge is 2.48. The summed E-state index contributed by atoms with van der Waals surface area (Å²) in [5, 5.41) is 15.5. The van der Waals surface area contributed by atoms with Crippen LogP contribution < -0.4 is 15.0 Å². The third kappa shape index (κ3) is 4.80. The highest BCUT2D eigenvalue weighted by atomic mass is 19.1. The molecule has 2 aromatic carbocycles. The lowest BCUT2D eigenvalue weighted by atomic mass is 9.93. The lowest BCUT2D eigenvalue weighted by Gasteiger charge is -2.42. The summed E-state index contributed by atoms with van der Waals surface area (Å²) >= 11 is 0. The number of anilines is 1. The van der Waals surface area contributed by atoms with Crippen LogP contribution in [0.5, 0.6) is 11.8 Å². The average Bonchev–Trinajstić information content (AvgIpc) is 3.73. The van der Waals surface area contributed by atoms with Gasteiger partial charge < -0.3 is 20.1 Å². The second-order valence-corrected chi connectivity index (χ2v) is 13.5. The van der Waals surface area contributed by atoms with Crippen molar-refractivity contribution in [2.45, 2.75) is 62.6 Å². The standard InChI is InChI=1S/C36H35F3N6O2/c1-3-25-28(38)7-6-22-12-24(46)13-26(29(22)25)31-30(39)32-27(16-40-31)33(44-18-23-8-10-35(4-2,19-44)43-23)42-34(41-32)47-20-36-9-5-11-45(36)17-21(14-36)15-37/h1,6-7,12-13,15-16,23,43,46H,4-5,8-11,14,17-20H2,2H3/b21-15+/t23?,35?,36-/m0/s1. The van der Waals surface area contributed by atoms with Crippen LogP contribution in [0.3, 0.4) is 0 Å². The van der Waals surface area contributed by atoms with Crippen molar-refractivity contribution < 1.29 is 23.0 Å². The van der Waals surface area contributed by atoms with Gasteiger partial charge in [0.15, 0.2) is 5.82 Å². The summed E-state index contributed by atoms with van der Waals surface area (Å²) in [7, 11) is 0. The molecule has 6 heterocycles. The van der Waals surface area contributed by atoms with Crippen molar-refractivity contribution in [3.8, 4) is 35.4 Å². The van der Waals surface area contributed by atoms with Crippen LogP contribution in [0.1, 0.15) is 51.0 Å². The molecule has 11 heteroatoms. The van der Waals surface area contributed by atoms with Gasteiger partial charge in [-0.05, 0) is 74.2 Å². The quantitative estimate of drug-likeness (QED) is 0.248. The number of pyridine rings is 1.